The van der Waals surface area contributed by atoms with Gasteiger partial charge in [0.05, 0.1) is 12.7 Å². The van der Waals surface area contributed by atoms with Crippen molar-refractivity contribution in [3.63, 3.8) is 0 Å². The minimum absolute atomic E-state index is 0.0993. The molecule has 0 aliphatic rings. The molecule has 13 heavy (non-hydrogen) atoms. The van der Waals surface area contributed by atoms with E-state index in [-0.39, 0.29) is 19.1 Å². The molecule has 0 amide bonds. The van der Waals surface area contributed by atoms with Crippen LogP contribution >= 0.6 is 12.6 Å². The number of nitrogens with two attached hydrogens (primary N) is 2. The highest BCUT2D eigenvalue weighted by molar-refractivity contribution is 7.81. The molecule has 0 aromatic heterocycles. The molecular weight excluding hydrogens is 192 g/mol. The maximum Gasteiger partial charge on any atom is 0.508 e. The number of hydrogen-bond acceptors (Lipinski definition) is 6. The highest BCUT2D eigenvalue weighted by Gasteiger charge is 2.14. The maximum absolute atomic E-state index is 10.8. The summed E-state index contributed by atoms with van der Waals surface area (Å²) in [6.07, 6.45) is -0.639. The third-order valence-corrected chi connectivity index (χ3v) is 1.28. The van der Waals surface area contributed by atoms with Crippen LogP contribution in [0.2, 0.25) is 0 Å². The molecule has 0 atom stereocenters. The minimum Gasteiger partial charge on any atom is -0.434 e. The second-order valence-corrected chi connectivity index (χ2v) is 3.84. The van der Waals surface area contributed by atoms with Crippen molar-refractivity contribution in [3.05, 3.63) is 0 Å². The first kappa shape index (κ1) is 12.5. The molecule has 6 heteroatoms. The van der Waals surface area contributed by atoms with Crippen molar-refractivity contribution in [2.75, 3.05) is 6.61 Å². The fraction of sp³-hybridized carbons (Fsp3) is 0.857. The van der Waals surface area contributed by atoms with Gasteiger partial charge in [0.25, 0.3) is 0 Å². The van der Waals surface area contributed by atoms with E-state index in [0.29, 0.717) is 0 Å². The lowest BCUT2D eigenvalue weighted by atomic mass is 10.4. The van der Waals surface area contributed by atoms with E-state index in [2.05, 4.69) is 17.4 Å². The standard InChI is InChI=1S/C7H16N2O3S/c1-5(2)12-6(10)11-4-3-7(8,9)13/h5,13H,3-4,8-9H2,1-2H3. The first-order valence-corrected chi connectivity index (χ1v) is 4.39. The van der Waals surface area contributed by atoms with Crippen molar-refractivity contribution in [1.82, 2.24) is 0 Å². The van der Waals surface area contributed by atoms with Crippen LogP contribution in [0.25, 0.3) is 0 Å². The zero-order valence-electron chi connectivity index (χ0n) is 7.82. The normalized spacial score (nSPS) is 11.5. The van der Waals surface area contributed by atoms with Gasteiger partial charge in [-0.05, 0) is 13.8 Å². The van der Waals surface area contributed by atoms with E-state index >= 15 is 0 Å². The van der Waals surface area contributed by atoms with Gasteiger partial charge in [0.15, 0.2) is 0 Å². The van der Waals surface area contributed by atoms with E-state index in [1.54, 1.807) is 13.8 Å². The zero-order valence-corrected chi connectivity index (χ0v) is 8.71. The van der Waals surface area contributed by atoms with E-state index in [9.17, 15) is 4.79 Å². The van der Waals surface area contributed by atoms with Gasteiger partial charge in [-0.25, -0.2) is 4.79 Å². The summed E-state index contributed by atoms with van der Waals surface area (Å²) >= 11 is 3.85. The Labute approximate surface area is 83.2 Å². The second-order valence-electron chi connectivity index (χ2n) is 3.01. The Balaban J connectivity index is 3.49. The Bertz CT molecular complexity index is 168. The molecule has 0 bridgehead atoms. The van der Waals surface area contributed by atoms with Crippen LogP contribution in [0.4, 0.5) is 4.79 Å². The number of rotatable bonds is 4. The molecule has 0 aliphatic heterocycles. The van der Waals surface area contributed by atoms with Crippen molar-refractivity contribution in [1.29, 1.82) is 0 Å². The molecule has 0 radical (unpaired) electrons. The average Bonchev–Trinajstić information content (AvgIpc) is 1.81. The summed E-state index contributed by atoms with van der Waals surface area (Å²) in [7, 11) is 0. The van der Waals surface area contributed by atoms with E-state index in [1.807, 2.05) is 0 Å². The Morgan fingerprint density at radius 1 is 1.54 bits per heavy atom. The molecule has 0 unspecified atom stereocenters. The summed E-state index contributed by atoms with van der Waals surface area (Å²) in [6, 6.07) is 0. The van der Waals surface area contributed by atoms with Crippen LogP contribution in [-0.4, -0.2) is 23.9 Å². The molecule has 78 valence electrons. The Morgan fingerprint density at radius 2 is 2.08 bits per heavy atom. The molecule has 4 N–H and O–H groups in total. The number of carbonyl (C=O) groups excluding carboxylic acids is 1. The Kier molecular flexibility index (Phi) is 5.12. The summed E-state index contributed by atoms with van der Waals surface area (Å²) < 4.78 is 9.36. The van der Waals surface area contributed by atoms with E-state index in [4.69, 9.17) is 16.2 Å². The summed E-state index contributed by atoms with van der Waals surface area (Å²) in [5, 5.41) is 0. The predicted octanol–water partition coefficient (Wildman–Crippen LogP) is 0.439. The van der Waals surface area contributed by atoms with Crippen molar-refractivity contribution in [3.8, 4) is 0 Å². The van der Waals surface area contributed by atoms with Crippen molar-refractivity contribution >= 4 is 18.8 Å². The molecular formula is C7H16N2O3S. The van der Waals surface area contributed by atoms with Crippen LogP contribution in [0.5, 0.6) is 0 Å². The third-order valence-electron chi connectivity index (χ3n) is 1.05. The molecule has 0 heterocycles. The topological polar surface area (TPSA) is 87.6 Å². The summed E-state index contributed by atoms with van der Waals surface area (Å²) in [5.41, 5.74) is 10.7. The first-order valence-electron chi connectivity index (χ1n) is 3.95. The maximum atomic E-state index is 10.8. The largest absolute Gasteiger partial charge is 0.508 e. The van der Waals surface area contributed by atoms with Crippen LogP contribution < -0.4 is 11.5 Å². The van der Waals surface area contributed by atoms with Crippen molar-refractivity contribution in [2.45, 2.75) is 31.4 Å². The predicted molar refractivity (Wildman–Crippen MR) is 52.3 cm³/mol. The first-order chi connectivity index (χ1) is 5.81. The molecule has 0 spiro atoms. The fourth-order valence-electron chi connectivity index (χ4n) is 0.524. The summed E-state index contributed by atoms with van der Waals surface area (Å²) in [4.78, 5) is 9.68. The van der Waals surface area contributed by atoms with Crippen LogP contribution in [0.3, 0.4) is 0 Å². The molecule has 0 aromatic rings. The quantitative estimate of drug-likeness (QED) is 0.354. The SMILES string of the molecule is CC(C)OC(=O)OCCC(N)(N)S. The van der Waals surface area contributed by atoms with E-state index in [0.717, 1.165) is 0 Å². The van der Waals surface area contributed by atoms with Crippen LogP contribution in [0.1, 0.15) is 20.3 Å². The van der Waals surface area contributed by atoms with Gasteiger partial charge in [0.2, 0.25) is 0 Å². The van der Waals surface area contributed by atoms with E-state index < -0.39 is 11.2 Å². The zero-order chi connectivity index (χ0) is 10.5. The molecule has 0 rings (SSSR count). The Hall–Kier alpha value is -0.460. The highest BCUT2D eigenvalue weighted by atomic mass is 32.1. The lowest BCUT2D eigenvalue weighted by Gasteiger charge is -2.16. The van der Waals surface area contributed by atoms with E-state index in [1.165, 1.54) is 0 Å². The van der Waals surface area contributed by atoms with Gasteiger partial charge in [-0.3, -0.25) is 0 Å². The van der Waals surface area contributed by atoms with Gasteiger partial charge in [-0.1, -0.05) is 0 Å². The van der Waals surface area contributed by atoms with Gasteiger partial charge in [0, 0.05) is 6.42 Å². The molecule has 0 aliphatic carbocycles. The van der Waals surface area contributed by atoms with Crippen LogP contribution in [0.15, 0.2) is 0 Å². The average molecular weight is 208 g/mol. The highest BCUT2D eigenvalue weighted by Crippen LogP contribution is 2.03. The summed E-state index contributed by atoms with van der Waals surface area (Å²) in [6.45, 7) is 3.56. The molecule has 0 saturated heterocycles. The van der Waals surface area contributed by atoms with Gasteiger partial charge in [-0.2, -0.15) is 0 Å². The van der Waals surface area contributed by atoms with Gasteiger partial charge in [0.1, 0.15) is 4.99 Å². The number of thiol groups is 1. The third kappa shape index (κ3) is 9.45. The van der Waals surface area contributed by atoms with Gasteiger partial charge >= 0.3 is 6.16 Å². The Morgan fingerprint density at radius 3 is 2.46 bits per heavy atom. The molecule has 0 fully saturated rings. The lowest BCUT2D eigenvalue weighted by molar-refractivity contribution is 0.0327. The van der Waals surface area contributed by atoms with Crippen LogP contribution in [0, 0.1) is 0 Å². The van der Waals surface area contributed by atoms with Crippen molar-refractivity contribution in [2.24, 2.45) is 11.5 Å². The summed E-state index contributed by atoms with van der Waals surface area (Å²) in [5.74, 6) is 0. The number of carbonyl (C=O) groups is 1. The smallest absolute Gasteiger partial charge is 0.434 e. The molecule has 0 saturated carbocycles. The monoisotopic (exact) mass is 208 g/mol. The molecule has 0 aromatic carbocycles. The number of hydrogen-bond donors (Lipinski definition) is 3. The van der Waals surface area contributed by atoms with Gasteiger partial charge < -0.3 is 20.9 Å². The van der Waals surface area contributed by atoms with Crippen molar-refractivity contribution < 1.29 is 14.3 Å². The lowest BCUT2D eigenvalue weighted by Crippen LogP contribution is -2.44. The minimum atomic E-state index is -1.11. The van der Waals surface area contributed by atoms with Crippen LogP contribution in [-0.2, 0) is 9.47 Å². The fourth-order valence-corrected chi connectivity index (χ4v) is 0.616. The van der Waals surface area contributed by atoms with Gasteiger partial charge in [-0.15, -0.1) is 12.6 Å². The number of ether oxygens (including phenoxy) is 2. The second kappa shape index (κ2) is 5.31. The molecule has 5 nitrogen and oxygen atoms in total.